The zero-order chi connectivity index (χ0) is 8.85. The largest absolute Gasteiger partial charge is 0.355 e. The molecule has 0 aliphatic rings. The van der Waals surface area contributed by atoms with E-state index < -0.39 is 0 Å². The molecule has 74 valence electrons. The molecule has 0 aliphatic heterocycles. The van der Waals surface area contributed by atoms with Gasteiger partial charge in [0.25, 0.3) is 0 Å². The number of amides is 1. The van der Waals surface area contributed by atoms with Crippen LogP contribution in [0.5, 0.6) is 0 Å². The molecule has 12 heavy (non-hydrogen) atoms. The van der Waals surface area contributed by atoms with Crippen molar-refractivity contribution in [2.45, 2.75) is 33.2 Å². The minimum atomic E-state index is -0.387. The summed E-state index contributed by atoms with van der Waals surface area (Å²) in [6.07, 6.45) is 1.01. The Labute approximate surface area is 80.5 Å². The molecule has 0 saturated heterocycles. The lowest BCUT2D eigenvalue weighted by molar-refractivity contribution is -0.122. The van der Waals surface area contributed by atoms with Crippen molar-refractivity contribution in [3.05, 3.63) is 0 Å². The van der Waals surface area contributed by atoms with Gasteiger partial charge in [0.2, 0.25) is 5.91 Å². The van der Waals surface area contributed by atoms with Crippen LogP contribution in [0.1, 0.15) is 27.2 Å². The Morgan fingerprint density at radius 3 is 2.25 bits per heavy atom. The fourth-order valence-corrected chi connectivity index (χ4v) is 0.645. The molecule has 0 aliphatic carbocycles. The van der Waals surface area contributed by atoms with Gasteiger partial charge in [-0.3, -0.25) is 4.79 Å². The summed E-state index contributed by atoms with van der Waals surface area (Å²) in [6.45, 7) is 6.67. The lowest BCUT2D eigenvalue weighted by Crippen LogP contribution is -2.38. The van der Waals surface area contributed by atoms with Gasteiger partial charge in [-0.1, -0.05) is 13.8 Å². The third kappa shape index (κ3) is 7.82. The summed E-state index contributed by atoms with van der Waals surface area (Å²) in [7, 11) is 0. The van der Waals surface area contributed by atoms with Crippen molar-refractivity contribution in [3.8, 4) is 0 Å². The molecule has 0 fully saturated rings. The van der Waals surface area contributed by atoms with Crippen LogP contribution in [0.2, 0.25) is 0 Å². The highest BCUT2D eigenvalue weighted by Gasteiger charge is 2.05. The molecule has 1 unspecified atom stereocenters. The summed E-state index contributed by atoms with van der Waals surface area (Å²) >= 11 is 0. The Balaban J connectivity index is 0. The number of hydrogen-bond donors (Lipinski definition) is 2. The van der Waals surface area contributed by atoms with E-state index in [9.17, 15) is 4.79 Å². The van der Waals surface area contributed by atoms with Gasteiger partial charge in [-0.05, 0) is 19.3 Å². The zero-order valence-electron chi connectivity index (χ0n) is 7.96. The molecule has 0 saturated carbocycles. The third-order valence-electron chi connectivity index (χ3n) is 1.43. The zero-order valence-corrected chi connectivity index (χ0v) is 8.78. The smallest absolute Gasteiger partial charge is 0.236 e. The summed E-state index contributed by atoms with van der Waals surface area (Å²) in [4.78, 5) is 10.9. The van der Waals surface area contributed by atoms with Crippen molar-refractivity contribution in [2.75, 3.05) is 6.54 Å². The van der Waals surface area contributed by atoms with Gasteiger partial charge in [-0.25, -0.2) is 0 Å². The first kappa shape index (κ1) is 14.3. The number of carbonyl (C=O) groups excluding carboxylic acids is 1. The maximum absolute atomic E-state index is 10.9. The maximum atomic E-state index is 10.9. The number of nitrogens with one attached hydrogen (secondary N) is 1. The van der Waals surface area contributed by atoms with Gasteiger partial charge in [0.15, 0.2) is 0 Å². The van der Waals surface area contributed by atoms with E-state index >= 15 is 0 Å². The second-order valence-corrected chi connectivity index (χ2v) is 3.26. The molecule has 0 aromatic carbocycles. The van der Waals surface area contributed by atoms with Crippen molar-refractivity contribution in [1.29, 1.82) is 0 Å². The molecule has 0 rings (SSSR count). The Morgan fingerprint density at radius 1 is 1.42 bits per heavy atom. The molecule has 1 atom stereocenters. The fourth-order valence-electron chi connectivity index (χ4n) is 0.645. The van der Waals surface area contributed by atoms with Gasteiger partial charge in [-0.15, -0.1) is 12.4 Å². The fraction of sp³-hybridized carbons (Fsp3) is 0.875. The van der Waals surface area contributed by atoms with Crippen LogP contribution in [-0.2, 0) is 4.79 Å². The standard InChI is InChI=1S/C8H18N2O.ClH/c1-6(2)4-5-10-8(11)7(3)9;/h6-7H,4-5,9H2,1-3H3,(H,10,11);1H. The van der Waals surface area contributed by atoms with E-state index in [1.807, 2.05) is 0 Å². The minimum absolute atomic E-state index is 0. The van der Waals surface area contributed by atoms with Crippen LogP contribution in [0.25, 0.3) is 0 Å². The van der Waals surface area contributed by atoms with Crippen molar-refractivity contribution < 1.29 is 4.79 Å². The van der Waals surface area contributed by atoms with E-state index in [1.54, 1.807) is 6.92 Å². The van der Waals surface area contributed by atoms with Crippen molar-refractivity contribution in [3.63, 3.8) is 0 Å². The molecular weight excluding hydrogens is 176 g/mol. The van der Waals surface area contributed by atoms with Crippen molar-refractivity contribution in [1.82, 2.24) is 5.32 Å². The van der Waals surface area contributed by atoms with E-state index in [1.165, 1.54) is 0 Å². The highest BCUT2D eigenvalue weighted by Crippen LogP contribution is 1.96. The molecule has 0 aromatic rings. The average molecular weight is 195 g/mol. The Hall–Kier alpha value is -0.280. The number of hydrogen-bond acceptors (Lipinski definition) is 2. The molecule has 0 spiro atoms. The molecule has 0 heterocycles. The molecular formula is C8H19ClN2O. The van der Waals surface area contributed by atoms with Crippen LogP contribution >= 0.6 is 12.4 Å². The average Bonchev–Trinajstić information content (AvgIpc) is 1.86. The number of rotatable bonds is 4. The highest BCUT2D eigenvalue weighted by atomic mass is 35.5. The van der Waals surface area contributed by atoms with E-state index in [2.05, 4.69) is 19.2 Å². The van der Waals surface area contributed by atoms with Crippen LogP contribution < -0.4 is 11.1 Å². The topological polar surface area (TPSA) is 55.1 Å². The van der Waals surface area contributed by atoms with Crippen molar-refractivity contribution >= 4 is 18.3 Å². The third-order valence-corrected chi connectivity index (χ3v) is 1.43. The lowest BCUT2D eigenvalue weighted by Gasteiger charge is -2.08. The summed E-state index contributed by atoms with van der Waals surface area (Å²) < 4.78 is 0. The van der Waals surface area contributed by atoms with E-state index in [4.69, 9.17) is 5.73 Å². The Bertz CT molecular complexity index is 126. The first-order valence-electron chi connectivity index (χ1n) is 4.07. The van der Waals surface area contributed by atoms with Crippen LogP contribution in [-0.4, -0.2) is 18.5 Å². The second-order valence-electron chi connectivity index (χ2n) is 3.26. The molecule has 3 nitrogen and oxygen atoms in total. The minimum Gasteiger partial charge on any atom is -0.355 e. The molecule has 0 aromatic heterocycles. The molecule has 4 heteroatoms. The Morgan fingerprint density at radius 2 is 1.92 bits per heavy atom. The summed E-state index contributed by atoms with van der Waals surface area (Å²) in [5.41, 5.74) is 5.34. The van der Waals surface area contributed by atoms with E-state index in [-0.39, 0.29) is 24.4 Å². The second kappa shape index (κ2) is 7.37. The van der Waals surface area contributed by atoms with Gasteiger partial charge in [0, 0.05) is 6.54 Å². The van der Waals surface area contributed by atoms with Gasteiger partial charge in [0.1, 0.15) is 0 Å². The monoisotopic (exact) mass is 194 g/mol. The summed E-state index contributed by atoms with van der Waals surface area (Å²) in [6, 6.07) is -0.387. The van der Waals surface area contributed by atoms with Gasteiger partial charge >= 0.3 is 0 Å². The van der Waals surface area contributed by atoms with E-state index in [0.717, 1.165) is 13.0 Å². The number of halogens is 1. The maximum Gasteiger partial charge on any atom is 0.236 e. The summed E-state index contributed by atoms with van der Waals surface area (Å²) in [5.74, 6) is 0.564. The lowest BCUT2D eigenvalue weighted by atomic mass is 10.1. The first-order valence-corrected chi connectivity index (χ1v) is 4.07. The molecule has 3 N–H and O–H groups in total. The molecule has 0 radical (unpaired) electrons. The van der Waals surface area contributed by atoms with Crippen LogP contribution in [0, 0.1) is 5.92 Å². The number of nitrogens with two attached hydrogens (primary N) is 1. The van der Waals surface area contributed by atoms with Crippen LogP contribution in [0.4, 0.5) is 0 Å². The van der Waals surface area contributed by atoms with Crippen LogP contribution in [0.3, 0.4) is 0 Å². The predicted octanol–water partition coefficient (Wildman–Crippen LogP) is 0.918. The Kier molecular flexibility index (Phi) is 8.76. The van der Waals surface area contributed by atoms with E-state index in [0.29, 0.717) is 5.92 Å². The quantitative estimate of drug-likeness (QED) is 0.700. The van der Waals surface area contributed by atoms with Crippen molar-refractivity contribution in [2.24, 2.45) is 11.7 Å². The van der Waals surface area contributed by atoms with Gasteiger partial charge < -0.3 is 11.1 Å². The normalized spacial score (nSPS) is 12.1. The predicted molar refractivity (Wildman–Crippen MR) is 53.4 cm³/mol. The summed E-state index contributed by atoms with van der Waals surface area (Å²) in [5, 5.41) is 2.75. The highest BCUT2D eigenvalue weighted by molar-refractivity contribution is 5.85. The number of carbonyl (C=O) groups is 1. The van der Waals surface area contributed by atoms with Gasteiger partial charge in [-0.2, -0.15) is 0 Å². The molecule has 1 amide bonds. The molecule has 0 bridgehead atoms. The van der Waals surface area contributed by atoms with Crippen LogP contribution in [0.15, 0.2) is 0 Å². The van der Waals surface area contributed by atoms with Gasteiger partial charge in [0.05, 0.1) is 6.04 Å². The first-order chi connectivity index (χ1) is 5.04. The SMILES string of the molecule is CC(C)CCNC(=O)C(C)N.Cl.